The lowest BCUT2D eigenvalue weighted by molar-refractivity contribution is -0.127. The van der Waals surface area contributed by atoms with Crippen LogP contribution in [0.4, 0.5) is 5.69 Å². The number of fused-ring (bicyclic) bond motifs is 1. The van der Waals surface area contributed by atoms with Crippen molar-refractivity contribution in [1.29, 1.82) is 0 Å². The predicted molar refractivity (Wildman–Crippen MR) is 149 cm³/mol. The number of anilines is 1. The number of hydrogen-bond donors (Lipinski definition) is 1. The van der Waals surface area contributed by atoms with Gasteiger partial charge in [0.15, 0.2) is 0 Å². The lowest BCUT2D eigenvalue weighted by Gasteiger charge is -2.34. The van der Waals surface area contributed by atoms with Crippen LogP contribution < -0.4 is 15.0 Å². The summed E-state index contributed by atoms with van der Waals surface area (Å²) in [6.07, 6.45) is 0.832. The molecule has 8 heteroatoms. The molecule has 0 aliphatic heterocycles. The van der Waals surface area contributed by atoms with Gasteiger partial charge >= 0.3 is 0 Å². The molecule has 0 saturated heterocycles. The number of amides is 2. The number of methoxy groups -OCH3 is 1. The summed E-state index contributed by atoms with van der Waals surface area (Å²) >= 11 is 0. The minimum Gasteiger partial charge on any atom is -0.497 e. The highest BCUT2D eigenvalue weighted by molar-refractivity contribution is 6.02. The zero-order valence-corrected chi connectivity index (χ0v) is 22.6. The fraction of sp³-hybridized carbons (Fsp3) is 0.333. The van der Waals surface area contributed by atoms with Crippen molar-refractivity contribution in [2.45, 2.75) is 46.7 Å². The van der Waals surface area contributed by atoms with Crippen LogP contribution >= 0.6 is 0 Å². The summed E-state index contributed by atoms with van der Waals surface area (Å²) in [5.74, 6) is 0.518. The number of nitrogens with one attached hydrogen (secondary N) is 1. The van der Waals surface area contributed by atoms with Crippen LogP contribution in [-0.4, -0.2) is 40.5 Å². The number of carbonyl (C=O) groups excluding carboxylic acids is 2. The van der Waals surface area contributed by atoms with Gasteiger partial charge in [-0.05, 0) is 67.1 Å². The first-order valence-electron chi connectivity index (χ1n) is 12.9. The lowest BCUT2D eigenvalue weighted by atomic mass is 9.99. The van der Waals surface area contributed by atoms with Crippen LogP contribution in [0.5, 0.6) is 5.75 Å². The van der Waals surface area contributed by atoms with E-state index in [0.29, 0.717) is 35.0 Å². The number of ether oxygens (including phenoxy) is 1. The number of hydrogen-bond acceptors (Lipinski definition) is 5. The minimum absolute atomic E-state index is 0.0754. The van der Waals surface area contributed by atoms with Crippen molar-refractivity contribution in [3.63, 3.8) is 0 Å². The largest absolute Gasteiger partial charge is 0.497 e. The highest BCUT2D eigenvalue weighted by atomic mass is 16.5. The van der Waals surface area contributed by atoms with Gasteiger partial charge in [0.25, 0.3) is 0 Å². The summed E-state index contributed by atoms with van der Waals surface area (Å²) in [6.45, 7) is 8.56. The second-order valence-corrected chi connectivity index (χ2v) is 9.89. The first kappa shape index (κ1) is 26.9. The zero-order chi connectivity index (χ0) is 27.2. The number of aromatic nitrogens is 3. The number of rotatable bonds is 10. The third kappa shape index (κ3) is 5.85. The van der Waals surface area contributed by atoms with Crippen LogP contribution in [0.15, 0.2) is 66.7 Å². The first-order valence-corrected chi connectivity index (χ1v) is 12.9. The Morgan fingerprint density at radius 2 is 1.71 bits per heavy atom. The number of carbonyl (C=O) groups is 2. The van der Waals surface area contributed by atoms with Crippen molar-refractivity contribution >= 4 is 28.5 Å². The summed E-state index contributed by atoms with van der Waals surface area (Å²) in [5.41, 5.74) is 4.60. The van der Waals surface area contributed by atoms with Gasteiger partial charge in [0.2, 0.25) is 11.8 Å². The molecule has 0 radical (unpaired) electrons. The summed E-state index contributed by atoms with van der Waals surface area (Å²) in [5, 5.41) is 11.5. The second kappa shape index (κ2) is 11.9. The Hall–Kier alpha value is -4.20. The Bertz CT molecular complexity index is 1410. The van der Waals surface area contributed by atoms with Gasteiger partial charge in [0, 0.05) is 6.54 Å². The van der Waals surface area contributed by atoms with E-state index in [1.807, 2.05) is 80.6 Å². The standard InChI is InChI=1S/C30H35N5O3/c1-20(2)16-17-31-30(37)29(23-12-9-13-24(18-23)38-5)35(28-21(3)10-8-11-22(28)4)27(36)19-34-26-15-7-6-14-25(26)32-33-34/h6-15,18,20,29H,16-17,19H2,1-5H3,(H,31,37)/t29-/m0/s1. The summed E-state index contributed by atoms with van der Waals surface area (Å²) in [7, 11) is 1.58. The van der Waals surface area contributed by atoms with Gasteiger partial charge in [-0.25, -0.2) is 4.68 Å². The molecule has 1 N–H and O–H groups in total. The van der Waals surface area contributed by atoms with Crippen LogP contribution in [0.1, 0.15) is 43.0 Å². The quantitative estimate of drug-likeness (QED) is 0.323. The molecule has 2 amide bonds. The van der Waals surface area contributed by atoms with E-state index in [0.717, 1.165) is 23.1 Å². The molecular weight excluding hydrogens is 478 g/mol. The van der Waals surface area contributed by atoms with Gasteiger partial charge in [0.1, 0.15) is 23.9 Å². The predicted octanol–water partition coefficient (Wildman–Crippen LogP) is 4.99. The Morgan fingerprint density at radius 3 is 2.42 bits per heavy atom. The van der Waals surface area contributed by atoms with Crippen molar-refractivity contribution in [2.24, 2.45) is 5.92 Å². The van der Waals surface area contributed by atoms with Gasteiger partial charge in [-0.1, -0.05) is 61.5 Å². The van der Waals surface area contributed by atoms with Gasteiger partial charge in [-0.2, -0.15) is 0 Å². The van der Waals surface area contributed by atoms with Crippen molar-refractivity contribution in [3.05, 3.63) is 83.4 Å². The van der Waals surface area contributed by atoms with E-state index in [1.165, 1.54) is 0 Å². The van der Waals surface area contributed by atoms with Crippen LogP contribution in [-0.2, 0) is 16.1 Å². The van der Waals surface area contributed by atoms with Crippen LogP contribution in [0, 0.1) is 19.8 Å². The highest BCUT2D eigenvalue weighted by Crippen LogP contribution is 2.34. The Balaban J connectivity index is 1.83. The molecule has 0 bridgehead atoms. The normalized spacial score (nSPS) is 11.9. The fourth-order valence-corrected chi connectivity index (χ4v) is 4.63. The molecule has 3 aromatic carbocycles. The maximum atomic E-state index is 14.2. The Labute approximate surface area is 223 Å². The molecule has 0 fully saturated rings. The van der Waals surface area contributed by atoms with Gasteiger partial charge in [0.05, 0.1) is 18.3 Å². The molecule has 0 unspecified atom stereocenters. The molecule has 198 valence electrons. The molecular formula is C30H35N5O3. The summed E-state index contributed by atoms with van der Waals surface area (Å²) in [4.78, 5) is 29.8. The van der Waals surface area contributed by atoms with Gasteiger partial charge < -0.3 is 10.1 Å². The number of benzene rings is 3. The summed E-state index contributed by atoms with van der Waals surface area (Å²) in [6, 6.07) is 19.8. The average Bonchev–Trinajstić information content (AvgIpc) is 3.30. The molecule has 1 aromatic heterocycles. The van der Waals surface area contributed by atoms with E-state index in [9.17, 15) is 9.59 Å². The number of nitrogens with zero attached hydrogens (tertiary/aromatic N) is 4. The van der Waals surface area contributed by atoms with Crippen LogP contribution in [0.2, 0.25) is 0 Å². The SMILES string of the molecule is COc1cccc([C@@H](C(=O)NCCC(C)C)N(C(=O)Cn2nnc3ccccc32)c2c(C)cccc2C)c1. The van der Waals surface area contributed by atoms with E-state index >= 15 is 0 Å². The fourth-order valence-electron chi connectivity index (χ4n) is 4.63. The van der Waals surface area contributed by atoms with E-state index in [2.05, 4.69) is 29.5 Å². The highest BCUT2D eigenvalue weighted by Gasteiger charge is 2.35. The van der Waals surface area contributed by atoms with E-state index in [1.54, 1.807) is 16.7 Å². The molecule has 1 atom stereocenters. The van der Waals surface area contributed by atoms with E-state index < -0.39 is 6.04 Å². The maximum absolute atomic E-state index is 14.2. The Morgan fingerprint density at radius 1 is 1.00 bits per heavy atom. The topological polar surface area (TPSA) is 89.4 Å². The third-order valence-corrected chi connectivity index (χ3v) is 6.59. The van der Waals surface area contributed by atoms with Crippen LogP contribution in [0.25, 0.3) is 11.0 Å². The minimum atomic E-state index is -0.917. The molecule has 8 nitrogen and oxygen atoms in total. The van der Waals surface area contributed by atoms with Crippen LogP contribution in [0.3, 0.4) is 0 Å². The van der Waals surface area contributed by atoms with Crippen molar-refractivity contribution in [2.75, 3.05) is 18.6 Å². The third-order valence-electron chi connectivity index (χ3n) is 6.59. The average molecular weight is 514 g/mol. The molecule has 0 aliphatic carbocycles. The molecule has 4 rings (SSSR count). The molecule has 0 saturated carbocycles. The molecule has 1 heterocycles. The number of para-hydroxylation sites is 2. The molecule has 4 aromatic rings. The Kier molecular flexibility index (Phi) is 8.41. The lowest BCUT2D eigenvalue weighted by Crippen LogP contribution is -2.46. The first-order chi connectivity index (χ1) is 18.3. The van der Waals surface area contributed by atoms with Crippen molar-refractivity contribution in [1.82, 2.24) is 20.3 Å². The van der Waals surface area contributed by atoms with E-state index in [-0.39, 0.29) is 18.4 Å². The zero-order valence-electron chi connectivity index (χ0n) is 22.6. The maximum Gasteiger partial charge on any atom is 0.249 e. The summed E-state index contributed by atoms with van der Waals surface area (Å²) < 4.78 is 7.05. The van der Waals surface area contributed by atoms with E-state index in [4.69, 9.17) is 4.74 Å². The second-order valence-electron chi connectivity index (χ2n) is 9.89. The molecule has 0 spiro atoms. The van der Waals surface area contributed by atoms with Crippen molar-refractivity contribution in [3.8, 4) is 5.75 Å². The molecule has 0 aliphatic rings. The van der Waals surface area contributed by atoms with Crippen molar-refractivity contribution < 1.29 is 14.3 Å². The smallest absolute Gasteiger partial charge is 0.249 e. The monoisotopic (exact) mass is 513 g/mol. The number of aryl methyl sites for hydroxylation is 2. The van der Waals surface area contributed by atoms with Gasteiger partial charge in [-0.15, -0.1) is 5.10 Å². The molecule has 38 heavy (non-hydrogen) atoms. The van der Waals surface area contributed by atoms with Gasteiger partial charge in [-0.3, -0.25) is 14.5 Å².